The highest BCUT2D eigenvalue weighted by atomic mass is 32.1. The van der Waals surface area contributed by atoms with Gasteiger partial charge in [0.1, 0.15) is 11.4 Å². The molecule has 1 aliphatic heterocycles. The fourth-order valence-electron chi connectivity index (χ4n) is 4.75. The number of hydrogen-bond donors (Lipinski definition) is 1. The summed E-state index contributed by atoms with van der Waals surface area (Å²) in [6.07, 6.45) is 9.11. The largest absolute Gasteiger partial charge is 0.392 e. The summed E-state index contributed by atoms with van der Waals surface area (Å²) in [5.74, 6) is -0.781. The molecule has 1 N–H and O–H groups in total. The molecule has 3 unspecified atom stereocenters. The van der Waals surface area contributed by atoms with Crippen LogP contribution in [-0.2, 0) is 19.9 Å². The minimum atomic E-state index is -0.896. The molecule has 0 aliphatic carbocycles. The maximum absolute atomic E-state index is 13.7. The van der Waals surface area contributed by atoms with E-state index in [0.29, 0.717) is 13.0 Å². The van der Waals surface area contributed by atoms with Gasteiger partial charge in [0.15, 0.2) is 5.79 Å². The van der Waals surface area contributed by atoms with E-state index in [1.54, 1.807) is 11.3 Å². The third-order valence-corrected chi connectivity index (χ3v) is 7.98. The van der Waals surface area contributed by atoms with Gasteiger partial charge in [0.2, 0.25) is 0 Å². The number of Topliss-reactive ketones (excluding diaryl/α,β-unsaturated/α-hetero) is 1. The molecule has 3 atom stereocenters. The molecule has 1 aliphatic rings. The second-order valence-electron chi connectivity index (χ2n) is 10.8. The van der Waals surface area contributed by atoms with Gasteiger partial charge >= 0.3 is 0 Å². The molecule has 0 saturated carbocycles. The molecule has 6 heteroatoms. The lowest BCUT2D eigenvalue weighted by atomic mass is 9.66. The van der Waals surface area contributed by atoms with Crippen LogP contribution in [0.4, 0.5) is 0 Å². The standard InChI is InChI=1S/C28H45NO4S/c1-9-10-11-13-20(2)14-12-15-21(3)23(30)18-25(31)26(5,6)28(24-19-34-22(4)29-24)16-17-32-27(7,8)33-28/h9,13,19,21,23,30H,1,10-12,14-18H2,2-8H3. The second-order valence-corrected chi connectivity index (χ2v) is 11.8. The molecular formula is C28H45NO4S. The van der Waals surface area contributed by atoms with Gasteiger partial charge in [-0.15, -0.1) is 17.9 Å². The van der Waals surface area contributed by atoms with E-state index in [1.807, 2.05) is 53.0 Å². The van der Waals surface area contributed by atoms with E-state index in [4.69, 9.17) is 14.5 Å². The minimum Gasteiger partial charge on any atom is -0.392 e. The molecular weight excluding hydrogens is 446 g/mol. The van der Waals surface area contributed by atoms with Gasteiger partial charge in [-0.2, -0.15) is 0 Å². The number of aliphatic hydroxyl groups is 1. The summed E-state index contributed by atoms with van der Waals surface area (Å²) in [5.41, 5.74) is 0.388. The number of aliphatic hydroxyl groups excluding tert-OH is 1. The topological polar surface area (TPSA) is 68.7 Å². The zero-order valence-corrected chi connectivity index (χ0v) is 23.1. The number of allylic oxidation sites excluding steroid dienone is 3. The lowest BCUT2D eigenvalue weighted by Crippen LogP contribution is -2.57. The van der Waals surface area contributed by atoms with Crippen LogP contribution in [0.25, 0.3) is 0 Å². The highest BCUT2D eigenvalue weighted by Crippen LogP contribution is 2.51. The van der Waals surface area contributed by atoms with Crippen LogP contribution >= 0.6 is 11.3 Å². The zero-order chi connectivity index (χ0) is 25.6. The predicted molar refractivity (Wildman–Crippen MR) is 140 cm³/mol. The van der Waals surface area contributed by atoms with Crippen LogP contribution in [0.1, 0.15) is 97.2 Å². The Morgan fingerprint density at radius 1 is 1.38 bits per heavy atom. The number of nitrogens with zero attached hydrogens (tertiary/aromatic N) is 1. The quantitative estimate of drug-likeness (QED) is 0.240. The number of rotatable bonds is 13. The van der Waals surface area contributed by atoms with Crippen molar-refractivity contribution in [3.05, 3.63) is 40.4 Å². The van der Waals surface area contributed by atoms with Gasteiger partial charge in [-0.05, 0) is 79.6 Å². The SMILES string of the molecule is C=CCCC=C(C)CCCC(C)C(O)CC(=O)C(C)(C)C1(c2csc(C)n2)CCOC(C)(C)O1. The summed E-state index contributed by atoms with van der Waals surface area (Å²) < 4.78 is 12.3. The van der Waals surface area contributed by atoms with Crippen molar-refractivity contribution in [1.82, 2.24) is 4.98 Å². The summed E-state index contributed by atoms with van der Waals surface area (Å²) in [5, 5.41) is 13.9. The zero-order valence-electron chi connectivity index (χ0n) is 22.3. The van der Waals surface area contributed by atoms with Gasteiger partial charge in [0, 0.05) is 18.2 Å². The van der Waals surface area contributed by atoms with E-state index in [1.165, 1.54) is 5.57 Å². The number of thiazole rings is 1. The Labute approximate surface area is 210 Å². The number of ether oxygens (including phenoxy) is 2. The highest BCUT2D eigenvalue weighted by Gasteiger charge is 2.57. The number of unbranched alkanes of at least 4 members (excludes halogenated alkanes) is 1. The number of carbonyl (C=O) groups excluding carboxylic acids is 1. The van der Waals surface area contributed by atoms with Crippen molar-refractivity contribution in [1.29, 1.82) is 0 Å². The van der Waals surface area contributed by atoms with Crippen LogP contribution in [-0.4, -0.2) is 34.4 Å². The van der Waals surface area contributed by atoms with E-state index in [2.05, 4.69) is 19.6 Å². The lowest BCUT2D eigenvalue weighted by Gasteiger charge is -2.51. The minimum absolute atomic E-state index is 0.00398. The van der Waals surface area contributed by atoms with Crippen molar-refractivity contribution in [3.63, 3.8) is 0 Å². The van der Waals surface area contributed by atoms with Crippen LogP contribution in [0.15, 0.2) is 29.7 Å². The molecule has 0 bridgehead atoms. The molecule has 0 amide bonds. The van der Waals surface area contributed by atoms with Gasteiger partial charge in [-0.3, -0.25) is 4.79 Å². The summed E-state index contributed by atoms with van der Waals surface area (Å²) in [7, 11) is 0. The molecule has 192 valence electrons. The maximum Gasteiger partial charge on any atom is 0.164 e. The van der Waals surface area contributed by atoms with E-state index in [9.17, 15) is 9.90 Å². The van der Waals surface area contributed by atoms with E-state index in [-0.39, 0.29) is 18.1 Å². The third kappa shape index (κ3) is 7.09. The number of aryl methyl sites for hydroxylation is 1. The monoisotopic (exact) mass is 491 g/mol. The maximum atomic E-state index is 13.7. The first kappa shape index (κ1) is 28.9. The summed E-state index contributed by atoms with van der Waals surface area (Å²) in [6, 6.07) is 0. The predicted octanol–water partition coefficient (Wildman–Crippen LogP) is 6.89. The molecule has 34 heavy (non-hydrogen) atoms. The second kappa shape index (κ2) is 12.1. The van der Waals surface area contributed by atoms with E-state index in [0.717, 1.165) is 42.8 Å². The number of hydrogen-bond acceptors (Lipinski definition) is 6. The fraction of sp³-hybridized carbons (Fsp3) is 0.714. The normalized spacial score (nSPS) is 22.9. The van der Waals surface area contributed by atoms with Crippen molar-refractivity contribution in [2.75, 3.05) is 6.61 Å². The molecule has 2 rings (SSSR count). The number of carbonyl (C=O) groups is 1. The van der Waals surface area contributed by atoms with Crippen LogP contribution < -0.4 is 0 Å². The summed E-state index contributed by atoms with van der Waals surface area (Å²) in [4.78, 5) is 18.4. The number of ketones is 1. The van der Waals surface area contributed by atoms with Crippen LogP contribution in [0.2, 0.25) is 0 Å². The molecule has 0 spiro atoms. The van der Waals surface area contributed by atoms with Crippen LogP contribution in [0, 0.1) is 18.3 Å². The van der Waals surface area contributed by atoms with Crippen molar-refractivity contribution in [2.24, 2.45) is 11.3 Å². The third-order valence-electron chi connectivity index (χ3n) is 7.21. The highest BCUT2D eigenvalue weighted by molar-refractivity contribution is 7.09. The molecule has 0 aromatic carbocycles. The molecule has 1 fully saturated rings. The average molecular weight is 492 g/mol. The molecule has 2 heterocycles. The Bertz CT molecular complexity index is 856. The number of aromatic nitrogens is 1. The first-order valence-corrected chi connectivity index (χ1v) is 13.5. The van der Waals surface area contributed by atoms with Gasteiger partial charge in [0.25, 0.3) is 0 Å². The summed E-state index contributed by atoms with van der Waals surface area (Å²) in [6.45, 7) is 18.0. The summed E-state index contributed by atoms with van der Waals surface area (Å²) >= 11 is 1.56. The van der Waals surface area contributed by atoms with E-state index < -0.39 is 22.9 Å². The van der Waals surface area contributed by atoms with Crippen molar-refractivity contribution in [3.8, 4) is 0 Å². The Morgan fingerprint density at radius 2 is 2.09 bits per heavy atom. The fourth-order valence-corrected chi connectivity index (χ4v) is 5.42. The van der Waals surface area contributed by atoms with Crippen LogP contribution in [0.5, 0.6) is 0 Å². The molecule has 1 aromatic heterocycles. The smallest absolute Gasteiger partial charge is 0.164 e. The van der Waals surface area contributed by atoms with Crippen molar-refractivity contribution >= 4 is 17.1 Å². The molecule has 0 radical (unpaired) electrons. The van der Waals surface area contributed by atoms with Crippen LogP contribution in [0.3, 0.4) is 0 Å². The van der Waals surface area contributed by atoms with Crippen molar-refractivity contribution in [2.45, 2.75) is 111 Å². The molecule has 5 nitrogen and oxygen atoms in total. The first-order valence-electron chi connectivity index (χ1n) is 12.6. The van der Waals surface area contributed by atoms with Crippen molar-refractivity contribution < 1.29 is 19.4 Å². The van der Waals surface area contributed by atoms with Gasteiger partial charge in [0.05, 0.1) is 28.8 Å². The van der Waals surface area contributed by atoms with Gasteiger partial charge < -0.3 is 14.6 Å². The van der Waals surface area contributed by atoms with Gasteiger partial charge in [-0.1, -0.05) is 24.6 Å². The van der Waals surface area contributed by atoms with Gasteiger partial charge in [-0.25, -0.2) is 4.98 Å². The van der Waals surface area contributed by atoms with E-state index >= 15 is 0 Å². The Kier molecular flexibility index (Phi) is 10.3. The Balaban J connectivity index is 2.08. The molecule has 1 saturated heterocycles. The lowest BCUT2D eigenvalue weighted by molar-refractivity contribution is -0.337. The molecule has 1 aromatic rings. The first-order chi connectivity index (χ1) is 15.8. The Hall–Kier alpha value is -1.34. The Morgan fingerprint density at radius 3 is 2.68 bits per heavy atom. The average Bonchev–Trinajstić information content (AvgIpc) is 3.19.